The summed E-state index contributed by atoms with van der Waals surface area (Å²) in [6.07, 6.45) is 2.03. The predicted octanol–water partition coefficient (Wildman–Crippen LogP) is 3.30. The number of phenols is 1. The molecule has 0 saturated heterocycles. The van der Waals surface area contributed by atoms with Gasteiger partial charge in [0.05, 0.1) is 5.56 Å². The Bertz CT molecular complexity index is 449. The van der Waals surface area contributed by atoms with Gasteiger partial charge in [-0.25, -0.2) is 0 Å². The summed E-state index contributed by atoms with van der Waals surface area (Å²) < 4.78 is 0.765. The summed E-state index contributed by atoms with van der Waals surface area (Å²) in [5, 5.41) is 18.4. The minimum absolute atomic E-state index is 0.0370. The third kappa shape index (κ3) is 1.73. The summed E-state index contributed by atoms with van der Waals surface area (Å²) in [6.45, 7) is 0. The van der Waals surface area contributed by atoms with Crippen LogP contribution in [0.25, 0.3) is 0 Å². The topological polar surface area (TPSA) is 44.0 Å². The van der Waals surface area contributed by atoms with Crippen LogP contribution in [-0.2, 0) is 5.41 Å². The normalized spacial score (nSPS) is 17.1. The maximum atomic E-state index is 9.52. The third-order valence-electron chi connectivity index (χ3n) is 2.86. The largest absolute Gasteiger partial charge is 0.508 e. The Balaban J connectivity index is 2.57. The molecular weight excluding hydrogens is 277 g/mol. The number of nitrogens with zero attached hydrogens (tertiary/aromatic N) is 1. The zero-order chi connectivity index (χ0) is 11.1. The molecule has 1 saturated carbocycles. The van der Waals surface area contributed by atoms with Crippen LogP contribution in [0, 0.1) is 11.3 Å². The lowest BCUT2D eigenvalue weighted by Gasteiger charge is -2.15. The van der Waals surface area contributed by atoms with Gasteiger partial charge in [0.25, 0.3) is 0 Å². The van der Waals surface area contributed by atoms with Crippen molar-refractivity contribution in [2.75, 3.05) is 5.88 Å². The van der Waals surface area contributed by atoms with Crippen LogP contribution in [0.1, 0.15) is 24.0 Å². The van der Waals surface area contributed by atoms with Gasteiger partial charge >= 0.3 is 0 Å². The van der Waals surface area contributed by atoms with Crippen molar-refractivity contribution in [2.24, 2.45) is 0 Å². The lowest BCUT2D eigenvalue weighted by Crippen LogP contribution is -2.09. The highest BCUT2D eigenvalue weighted by atomic mass is 79.9. The van der Waals surface area contributed by atoms with E-state index in [4.69, 9.17) is 16.9 Å². The standard InChI is InChI=1S/C11H9BrClNO/c12-10-7(5-14)3-8(15)4-9(10)11(6-13)1-2-11/h3-4,15H,1-2,6H2. The van der Waals surface area contributed by atoms with E-state index >= 15 is 0 Å². The van der Waals surface area contributed by atoms with E-state index in [0.29, 0.717) is 11.4 Å². The Kier molecular flexibility index (Phi) is 2.66. The van der Waals surface area contributed by atoms with E-state index in [2.05, 4.69) is 22.0 Å². The molecule has 0 spiro atoms. The predicted molar refractivity (Wildman–Crippen MR) is 62.2 cm³/mol. The molecule has 0 heterocycles. The quantitative estimate of drug-likeness (QED) is 0.848. The molecule has 2 nitrogen and oxygen atoms in total. The van der Waals surface area contributed by atoms with Crippen LogP contribution in [0.2, 0.25) is 0 Å². The van der Waals surface area contributed by atoms with Crippen LogP contribution < -0.4 is 0 Å². The molecule has 78 valence electrons. The van der Waals surface area contributed by atoms with Crippen molar-refractivity contribution in [3.05, 3.63) is 27.7 Å². The smallest absolute Gasteiger partial charge is 0.117 e. The molecule has 1 aliphatic rings. The molecule has 0 unspecified atom stereocenters. The minimum Gasteiger partial charge on any atom is -0.508 e. The minimum atomic E-state index is -0.0370. The van der Waals surface area contributed by atoms with Crippen molar-refractivity contribution >= 4 is 27.5 Å². The summed E-state index contributed by atoms with van der Waals surface area (Å²) in [5.74, 6) is 0.654. The third-order valence-corrected chi connectivity index (χ3v) is 4.22. The first-order valence-corrected chi connectivity index (χ1v) is 5.95. The molecular formula is C11H9BrClNO. The van der Waals surface area contributed by atoms with Crippen LogP contribution in [0.3, 0.4) is 0 Å². The first-order chi connectivity index (χ1) is 7.13. The van der Waals surface area contributed by atoms with Gasteiger partial charge in [-0.2, -0.15) is 5.26 Å². The average Bonchev–Trinajstić information content (AvgIpc) is 3.01. The van der Waals surface area contributed by atoms with Crippen LogP contribution in [-0.4, -0.2) is 11.0 Å². The van der Waals surface area contributed by atoms with Crippen molar-refractivity contribution < 1.29 is 5.11 Å². The van der Waals surface area contributed by atoms with E-state index < -0.39 is 0 Å². The maximum absolute atomic E-state index is 9.52. The Hall–Kier alpha value is -0.720. The van der Waals surface area contributed by atoms with Gasteiger partial charge in [-0.3, -0.25) is 0 Å². The number of benzene rings is 1. The Labute approximate surface area is 102 Å². The van der Waals surface area contributed by atoms with Crippen LogP contribution >= 0.6 is 27.5 Å². The number of hydrogen-bond donors (Lipinski definition) is 1. The van der Waals surface area contributed by atoms with E-state index in [-0.39, 0.29) is 11.2 Å². The number of alkyl halides is 1. The van der Waals surface area contributed by atoms with Gasteiger partial charge in [-0.15, -0.1) is 11.6 Å². The van der Waals surface area contributed by atoms with Gasteiger partial charge in [0, 0.05) is 15.8 Å². The molecule has 0 aromatic heterocycles. The SMILES string of the molecule is N#Cc1cc(O)cc(C2(CCl)CC2)c1Br. The fraction of sp³-hybridized carbons (Fsp3) is 0.364. The number of phenolic OH excluding ortho intramolecular Hbond substituents is 1. The first kappa shape index (κ1) is 10.8. The highest BCUT2D eigenvalue weighted by Gasteiger charge is 2.45. The monoisotopic (exact) mass is 285 g/mol. The molecule has 1 aromatic rings. The van der Waals surface area contributed by atoms with Crippen LogP contribution in [0.4, 0.5) is 0 Å². The summed E-state index contributed by atoms with van der Waals surface area (Å²) in [4.78, 5) is 0. The lowest BCUT2D eigenvalue weighted by molar-refractivity contribution is 0.473. The van der Waals surface area contributed by atoms with E-state index in [1.807, 2.05) is 0 Å². The van der Waals surface area contributed by atoms with Gasteiger partial charge in [0.1, 0.15) is 11.8 Å². The van der Waals surface area contributed by atoms with Gasteiger partial charge in [-0.05, 0) is 46.5 Å². The number of aromatic hydroxyl groups is 1. The molecule has 0 bridgehead atoms. The summed E-state index contributed by atoms with van der Waals surface area (Å²) in [7, 11) is 0. The van der Waals surface area contributed by atoms with E-state index in [1.54, 1.807) is 6.07 Å². The fourth-order valence-corrected chi connectivity index (χ4v) is 2.85. The highest BCUT2D eigenvalue weighted by Crippen LogP contribution is 2.52. The maximum Gasteiger partial charge on any atom is 0.117 e. The zero-order valence-corrected chi connectivity index (χ0v) is 10.3. The molecule has 0 aliphatic heterocycles. The molecule has 4 heteroatoms. The van der Waals surface area contributed by atoms with Crippen LogP contribution in [0.15, 0.2) is 16.6 Å². The van der Waals surface area contributed by atoms with Gasteiger partial charge in [-0.1, -0.05) is 0 Å². The van der Waals surface area contributed by atoms with E-state index in [0.717, 1.165) is 22.9 Å². The van der Waals surface area contributed by atoms with Crippen molar-refractivity contribution in [1.29, 1.82) is 5.26 Å². The second kappa shape index (κ2) is 3.70. The first-order valence-electron chi connectivity index (χ1n) is 4.62. The molecule has 2 rings (SSSR count). The Morgan fingerprint density at radius 1 is 1.53 bits per heavy atom. The summed E-state index contributed by atoms with van der Waals surface area (Å²) >= 11 is 9.32. The molecule has 1 aliphatic carbocycles. The zero-order valence-electron chi connectivity index (χ0n) is 7.93. The van der Waals surface area contributed by atoms with Gasteiger partial charge in [0.15, 0.2) is 0 Å². The van der Waals surface area contributed by atoms with Crippen molar-refractivity contribution in [2.45, 2.75) is 18.3 Å². The highest BCUT2D eigenvalue weighted by molar-refractivity contribution is 9.10. The fourth-order valence-electron chi connectivity index (χ4n) is 1.70. The van der Waals surface area contributed by atoms with Gasteiger partial charge in [0.2, 0.25) is 0 Å². The van der Waals surface area contributed by atoms with E-state index in [9.17, 15) is 5.11 Å². The summed E-state index contributed by atoms with van der Waals surface area (Å²) in [5.41, 5.74) is 1.38. The van der Waals surface area contributed by atoms with Crippen LogP contribution in [0.5, 0.6) is 5.75 Å². The van der Waals surface area contributed by atoms with Crippen molar-refractivity contribution in [3.63, 3.8) is 0 Å². The molecule has 0 radical (unpaired) electrons. The summed E-state index contributed by atoms with van der Waals surface area (Å²) in [6, 6.07) is 5.20. The Morgan fingerprint density at radius 2 is 2.20 bits per heavy atom. The Morgan fingerprint density at radius 3 is 2.67 bits per heavy atom. The average molecular weight is 287 g/mol. The molecule has 0 atom stereocenters. The molecule has 1 N–H and O–H groups in total. The number of nitriles is 1. The van der Waals surface area contributed by atoms with Crippen molar-refractivity contribution in [3.8, 4) is 11.8 Å². The molecule has 1 aromatic carbocycles. The van der Waals surface area contributed by atoms with Gasteiger partial charge < -0.3 is 5.11 Å². The van der Waals surface area contributed by atoms with Crippen molar-refractivity contribution in [1.82, 2.24) is 0 Å². The lowest BCUT2D eigenvalue weighted by atomic mass is 9.96. The second-order valence-corrected chi connectivity index (χ2v) is 4.94. The number of halogens is 2. The second-order valence-electron chi connectivity index (χ2n) is 3.88. The molecule has 0 amide bonds. The number of hydrogen-bond acceptors (Lipinski definition) is 2. The molecule has 1 fully saturated rings. The van der Waals surface area contributed by atoms with E-state index in [1.165, 1.54) is 6.07 Å². The molecule has 15 heavy (non-hydrogen) atoms. The number of rotatable bonds is 2.